The maximum absolute atomic E-state index is 12.6. The van der Waals surface area contributed by atoms with E-state index >= 15 is 0 Å². The molecule has 0 saturated heterocycles. The summed E-state index contributed by atoms with van der Waals surface area (Å²) in [7, 11) is 0. The first-order valence-electron chi connectivity index (χ1n) is 4.88. The van der Waals surface area contributed by atoms with Gasteiger partial charge < -0.3 is 5.73 Å². The van der Waals surface area contributed by atoms with Crippen LogP contribution in [0.1, 0.15) is 18.9 Å². The second kappa shape index (κ2) is 6.02. The quantitative estimate of drug-likeness (QED) is 0.668. The molecule has 0 aliphatic heterocycles. The summed E-state index contributed by atoms with van der Waals surface area (Å²) < 4.78 is 25.1. The number of rotatable bonds is 4. The summed E-state index contributed by atoms with van der Waals surface area (Å²) in [5.74, 6) is 0.0710. The van der Waals surface area contributed by atoms with Crippen molar-refractivity contribution in [2.75, 3.05) is 5.01 Å². The highest BCUT2D eigenvalue weighted by atomic mass is 35.5. The fourth-order valence-electron chi connectivity index (χ4n) is 1.30. The van der Waals surface area contributed by atoms with Crippen molar-refractivity contribution in [2.24, 2.45) is 10.8 Å². The third kappa shape index (κ3) is 3.11. The number of benzene rings is 1. The molecule has 1 aromatic carbocycles. The maximum Gasteiger partial charge on any atom is 0.263 e. The van der Waals surface area contributed by atoms with Gasteiger partial charge in [-0.3, -0.25) is 0 Å². The molecule has 0 aliphatic carbocycles. The molecule has 0 saturated carbocycles. The predicted molar refractivity (Wildman–Crippen MR) is 71.4 cm³/mol. The van der Waals surface area contributed by atoms with Crippen molar-refractivity contribution in [3.8, 4) is 0 Å². The van der Waals surface area contributed by atoms with Gasteiger partial charge in [-0.05, 0) is 19.1 Å². The average Bonchev–Trinajstić information content (AvgIpc) is 2.26. The maximum atomic E-state index is 12.6. The zero-order valence-electron chi connectivity index (χ0n) is 9.50. The Balaban J connectivity index is 3.36. The van der Waals surface area contributed by atoms with E-state index in [4.69, 9.17) is 28.9 Å². The second-order valence-electron chi connectivity index (χ2n) is 3.31. The van der Waals surface area contributed by atoms with E-state index in [1.165, 1.54) is 11.2 Å². The lowest BCUT2D eigenvalue weighted by atomic mass is 10.2. The first kappa shape index (κ1) is 14.7. The van der Waals surface area contributed by atoms with E-state index in [9.17, 15) is 8.78 Å². The molecule has 1 aromatic rings. The smallest absolute Gasteiger partial charge is 0.263 e. The van der Waals surface area contributed by atoms with Crippen molar-refractivity contribution in [2.45, 2.75) is 13.3 Å². The number of alkyl halides is 2. The van der Waals surface area contributed by atoms with Crippen LogP contribution in [-0.2, 0) is 0 Å². The van der Waals surface area contributed by atoms with Crippen molar-refractivity contribution in [3.63, 3.8) is 0 Å². The molecule has 0 radical (unpaired) electrons. The van der Waals surface area contributed by atoms with E-state index in [2.05, 4.69) is 11.7 Å². The Hall–Kier alpha value is -1.33. The van der Waals surface area contributed by atoms with Gasteiger partial charge in [-0.1, -0.05) is 29.8 Å². The molecule has 0 aromatic heterocycles. The van der Waals surface area contributed by atoms with Crippen molar-refractivity contribution >= 4 is 35.1 Å². The van der Waals surface area contributed by atoms with Gasteiger partial charge in [0.1, 0.15) is 11.5 Å². The molecule has 3 nitrogen and oxygen atoms in total. The van der Waals surface area contributed by atoms with Crippen LogP contribution >= 0.6 is 23.2 Å². The largest absolute Gasteiger partial charge is 0.384 e. The van der Waals surface area contributed by atoms with Crippen LogP contribution in [0.3, 0.4) is 0 Å². The van der Waals surface area contributed by atoms with Crippen molar-refractivity contribution in [1.82, 2.24) is 0 Å². The highest BCUT2D eigenvalue weighted by molar-refractivity contribution is 6.39. The SMILES string of the molecule is C=C(N)N(/N=C\C)c1c(Cl)cc(C(F)F)cc1Cl. The van der Waals surface area contributed by atoms with Crippen LogP contribution in [0.25, 0.3) is 0 Å². The van der Waals surface area contributed by atoms with Crippen LogP contribution < -0.4 is 10.7 Å². The number of hydrogen-bond donors (Lipinski definition) is 1. The number of nitrogens with two attached hydrogens (primary N) is 1. The molecule has 0 atom stereocenters. The van der Waals surface area contributed by atoms with Crippen molar-refractivity contribution in [3.05, 3.63) is 40.1 Å². The molecule has 0 fully saturated rings. The minimum atomic E-state index is -2.65. The molecule has 0 heterocycles. The number of nitrogens with zero attached hydrogens (tertiary/aromatic N) is 2. The molecule has 18 heavy (non-hydrogen) atoms. The van der Waals surface area contributed by atoms with E-state index in [0.717, 1.165) is 12.1 Å². The van der Waals surface area contributed by atoms with Gasteiger partial charge in [0.15, 0.2) is 0 Å². The zero-order valence-corrected chi connectivity index (χ0v) is 11.0. The Bertz CT molecular complexity index is 466. The third-order valence-electron chi connectivity index (χ3n) is 2.01. The Kier molecular flexibility index (Phi) is 4.93. The van der Waals surface area contributed by atoms with Gasteiger partial charge in [-0.15, -0.1) is 0 Å². The van der Waals surface area contributed by atoms with E-state index in [1.54, 1.807) is 6.92 Å². The van der Waals surface area contributed by atoms with Crippen LogP contribution in [0.15, 0.2) is 29.6 Å². The molecule has 1 rings (SSSR count). The summed E-state index contributed by atoms with van der Waals surface area (Å²) in [6.07, 6.45) is -1.20. The van der Waals surface area contributed by atoms with Gasteiger partial charge in [0.05, 0.1) is 10.0 Å². The summed E-state index contributed by atoms with van der Waals surface area (Å²) in [6.45, 7) is 5.17. The van der Waals surface area contributed by atoms with E-state index < -0.39 is 6.43 Å². The van der Waals surface area contributed by atoms with E-state index in [1.807, 2.05) is 0 Å². The molecule has 0 spiro atoms. The Morgan fingerprint density at radius 1 is 1.44 bits per heavy atom. The fraction of sp³-hybridized carbons (Fsp3) is 0.182. The first-order chi connectivity index (χ1) is 8.38. The number of anilines is 1. The van der Waals surface area contributed by atoms with E-state index in [0.29, 0.717) is 0 Å². The van der Waals surface area contributed by atoms with Gasteiger partial charge >= 0.3 is 0 Å². The minimum Gasteiger partial charge on any atom is -0.384 e. The summed E-state index contributed by atoms with van der Waals surface area (Å²) in [5, 5.41) is 5.14. The molecule has 0 bridgehead atoms. The Morgan fingerprint density at radius 2 is 1.94 bits per heavy atom. The predicted octanol–water partition coefficient (Wildman–Crippen LogP) is 4.17. The minimum absolute atomic E-state index is 0.0231. The Morgan fingerprint density at radius 3 is 2.28 bits per heavy atom. The molecular weight excluding hydrogens is 283 g/mol. The van der Waals surface area contributed by atoms with Gasteiger partial charge in [0.25, 0.3) is 6.43 Å². The normalized spacial score (nSPS) is 11.2. The van der Waals surface area contributed by atoms with Crippen LogP contribution in [0.5, 0.6) is 0 Å². The molecule has 98 valence electrons. The van der Waals surface area contributed by atoms with E-state index in [-0.39, 0.29) is 27.1 Å². The summed E-state index contributed by atoms with van der Waals surface area (Å²) >= 11 is 11.8. The topological polar surface area (TPSA) is 41.6 Å². The highest BCUT2D eigenvalue weighted by Crippen LogP contribution is 2.38. The van der Waals surface area contributed by atoms with Crippen molar-refractivity contribution < 1.29 is 8.78 Å². The first-order valence-corrected chi connectivity index (χ1v) is 5.64. The van der Waals surface area contributed by atoms with Gasteiger partial charge in [0, 0.05) is 11.8 Å². The summed E-state index contributed by atoms with van der Waals surface area (Å²) in [5.41, 5.74) is 5.49. The lowest BCUT2D eigenvalue weighted by Gasteiger charge is -2.21. The number of halogens is 4. The zero-order chi connectivity index (χ0) is 13.9. The summed E-state index contributed by atoms with van der Waals surface area (Å²) in [4.78, 5) is 0. The average molecular weight is 294 g/mol. The second-order valence-corrected chi connectivity index (χ2v) is 4.13. The Labute approximate surface area is 113 Å². The van der Waals surface area contributed by atoms with Crippen LogP contribution in [0.4, 0.5) is 14.5 Å². The monoisotopic (exact) mass is 293 g/mol. The summed E-state index contributed by atoms with van der Waals surface area (Å²) in [6, 6.07) is 2.24. The van der Waals surface area contributed by atoms with Gasteiger partial charge in [-0.2, -0.15) is 5.10 Å². The van der Waals surface area contributed by atoms with Gasteiger partial charge in [-0.25, -0.2) is 13.8 Å². The molecule has 0 aliphatic rings. The highest BCUT2D eigenvalue weighted by Gasteiger charge is 2.19. The van der Waals surface area contributed by atoms with Gasteiger partial charge in [0.2, 0.25) is 0 Å². The number of hydrazone groups is 1. The molecular formula is C11H11Cl2F2N3. The van der Waals surface area contributed by atoms with Crippen LogP contribution in [0, 0.1) is 0 Å². The number of hydrogen-bond acceptors (Lipinski definition) is 3. The van der Waals surface area contributed by atoms with Crippen molar-refractivity contribution in [1.29, 1.82) is 0 Å². The molecule has 2 N–H and O–H groups in total. The molecule has 0 unspecified atom stereocenters. The lowest BCUT2D eigenvalue weighted by molar-refractivity contribution is 0.151. The molecule has 7 heteroatoms. The van der Waals surface area contributed by atoms with Crippen LogP contribution in [-0.4, -0.2) is 6.21 Å². The fourth-order valence-corrected chi connectivity index (χ4v) is 1.97. The third-order valence-corrected chi connectivity index (χ3v) is 2.58. The standard InChI is InChI=1S/C11H11Cl2F2N3/c1-3-17-18(6(2)16)10-8(12)4-7(11(14)15)5-9(10)13/h3-5,11H,2,16H2,1H3/b17-3-. The lowest BCUT2D eigenvalue weighted by Crippen LogP contribution is -2.21. The molecule has 0 amide bonds. The van der Waals surface area contributed by atoms with Crippen LogP contribution in [0.2, 0.25) is 10.0 Å².